The minimum atomic E-state index is -0.319. The van der Waals surface area contributed by atoms with Crippen molar-refractivity contribution < 1.29 is 9.53 Å². The summed E-state index contributed by atoms with van der Waals surface area (Å²) in [6.07, 6.45) is 1.52. The Morgan fingerprint density at radius 1 is 1.12 bits per heavy atom. The van der Waals surface area contributed by atoms with Crippen molar-refractivity contribution in [2.75, 3.05) is 78.7 Å². The molecule has 2 saturated heterocycles. The summed E-state index contributed by atoms with van der Waals surface area (Å²) in [4.78, 5) is 16.6. The van der Waals surface area contributed by atoms with Crippen LogP contribution in [-0.4, -0.2) is 94.4 Å². The number of piperazine rings is 1. The van der Waals surface area contributed by atoms with E-state index in [2.05, 4.69) is 25.8 Å². The Labute approximate surface area is 143 Å². The second kappa shape index (κ2) is 11.0. The monoisotopic (exact) mass is 336 g/mol. The molecule has 2 fully saturated rings. The molecule has 8 heteroatoms. The Hall–Kier alpha value is -1.66. The van der Waals surface area contributed by atoms with Crippen molar-refractivity contribution in [3.8, 4) is 6.07 Å². The van der Waals surface area contributed by atoms with Crippen LogP contribution >= 0.6 is 0 Å². The molecule has 1 amide bonds. The first-order chi connectivity index (χ1) is 11.8. The van der Waals surface area contributed by atoms with Crippen LogP contribution in [0.25, 0.3) is 0 Å². The maximum atomic E-state index is 12.0. The van der Waals surface area contributed by atoms with Crippen LogP contribution in [0.3, 0.4) is 0 Å². The van der Waals surface area contributed by atoms with Gasteiger partial charge in [-0.25, -0.2) is 0 Å². The van der Waals surface area contributed by atoms with Crippen molar-refractivity contribution in [2.24, 2.45) is 0 Å². The molecule has 24 heavy (non-hydrogen) atoms. The van der Waals surface area contributed by atoms with Gasteiger partial charge < -0.3 is 20.7 Å². The SMILES string of the molecule is N#C/C(=C/NCCN1CCNCC1)C(=O)NCCN1CCOCC1. The van der Waals surface area contributed by atoms with Crippen LogP contribution in [0, 0.1) is 11.3 Å². The van der Waals surface area contributed by atoms with E-state index in [4.69, 9.17) is 10.00 Å². The van der Waals surface area contributed by atoms with Crippen LogP contribution in [0.5, 0.6) is 0 Å². The number of rotatable bonds is 8. The van der Waals surface area contributed by atoms with Gasteiger partial charge in [0.05, 0.1) is 13.2 Å². The van der Waals surface area contributed by atoms with Crippen molar-refractivity contribution in [1.82, 2.24) is 25.8 Å². The average Bonchev–Trinajstić information content (AvgIpc) is 2.63. The lowest BCUT2D eigenvalue weighted by Gasteiger charge is -2.27. The molecule has 8 nitrogen and oxygen atoms in total. The molecule has 0 saturated carbocycles. The van der Waals surface area contributed by atoms with Gasteiger partial charge in [-0.2, -0.15) is 5.26 Å². The van der Waals surface area contributed by atoms with Crippen molar-refractivity contribution in [3.05, 3.63) is 11.8 Å². The van der Waals surface area contributed by atoms with Gasteiger partial charge in [0, 0.05) is 71.6 Å². The summed E-state index contributed by atoms with van der Waals surface area (Å²) in [5, 5.41) is 18.3. The zero-order chi connectivity index (χ0) is 17.0. The second-order valence-corrected chi connectivity index (χ2v) is 5.93. The van der Waals surface area contributed by atoms with Gasteiger partial charge in [0.1, 0.15) is 11.6 Å². The molecular weight excluding hydrogens is 308 g/mol. The second-order valence-electron chi connectivity index (χ2n) is 5.93. The third-order valence-electron chi connectivity index (χ3n) is 4.21. The summed E-state index contributed by atoms with van der Waals surface area (Å²) in [6, 6.07) is 1.96. The molecule has 2 heterocycles. The van der Waals surface area contributed by atoms with Crippen LogP contribution in [0.15, 0.2) is 11.8 Å². The van der Waals surface area contributed by atoms with E-state index in [1.165, 1.54) is 6.20 Å². The van der Waals surface area contributed by atoms with E-state index in [-0.39, 0.29) is 11.5 Å². The lowest BCUT2D eigenvalue weighted by atomic mass is 10.3. The number of ether oxygens (including phenoxy) is 1. The normalized spacial score (nSPS) is 20.4. The van der Waals surface area contributed by atoms with Crippen LogP contribution in [-0.2, 0) is 9.53 Å². The highest BCUT2D eigenvalue weighted by molar-refractivity contribution is 5.97. The van der Waals surface area contributed by atoms with E-state index >= 15 is 0 Å². The van der Waals surface area contributed by atoms with Gasteiger partial charge in [0.25, 0.3) is 5.91 Å². The molecule has 0 spiro atoms. The summed E-state index contributed by atoms with van der Waals surface area (Å²) < 4.78 is 5.29. The highest BCUT2D eigenvalue weighted by Gasteiger charge is 2.12. The van der Waals surface area contributed by atoms with Crippen LogP contribution in [0.1, 0.15) is 0 Å². The lowest BCUT2D eigenvalue weighted by Crippen LogP contribution is -2.45. The predicted molar refractivity (Wildman–Crippen MR) is 91.3 cm³/mol. The molecule has 134 valence electrons. The van der Waals surface area contributed by atoms with Crippen molar-refractivity contribution in [3.63, 3.8) is 0 Å². The fourth-order valence-electron chi connectivity index (χ4n) is 2.73. The lowest BCUT2D eigenvalue weighted by molar-refractivity contribution is -0.117. The molecule has 3 N–H and O–H groups in total. The van der Waals surface area contributed by atoms with Crippen LogP contribution in [0.4, 0.5) is 0 Å². The van der Waals surface area contributed by atoms with E-state index in [1.807, 2.05) is 6.07 Å². The van der Waals surface area contributed by atoms with Crippen molar-refractivity contribution in [2.45, 2.75) is 0 Å². The van der Waals surface area contributed by atoms with Gasteiger partial charge in [-0.3, -0.25) is 14.6 Å². The van der Waals surface area contributed by atoms with Gasteiger partial charge >= 0.3 is 0 Å². The summed E-state index contributed by atoms with van der Waals surface area (Å²) >= 11 is 0. The highest BCUT2D eigenvalue weighted by atomic mass is 16.5. The zero-order valence-corrected chi connectivity index (χ0v) is 14.2. The molecule has 2 aliphatic heterocycles. The Kier molecular flexibility index (Phi) is 8.55. The molecule has 0 unspecified atom stereocenters. The number of morpholine rings is 1. The summed E-state index contributed by atoms with van der Waals surface area (Å²) in [6.45, 7) is 10.4. The van der Waals surface area contributed by atoms with Gasteiger partial charge in [0.2, 0.25) is 0 Å². The Morgan fingerprint density at radius 2 is 1.79 bits per heavy atom. The summed E-state index contributed by atoms with van der Waals surface area (Å²) in [5.41, 5.74) is 0.122. The molecule has 0 bridgehead atoms. The molecule has 0 atom stereocenters. The quantitative estimate of drug-likeness (QED) is 0.277. The Bertz CT molecular complexity index is 450. The number of nitrogens with zero attached hydrogens (tertiary/aromatic N) is 3. The number of hydrogen-bond donors (Lipinski definition) is 3. The first-order valence-corrected chi connectivity index (χ1v) is 8.64. The molecule has 2 aliphatic rings. The molecular formula is C16H28N6O2. The third-order valence-corrected chi connectivity index (χ3v) is 4.21. The number of carbonyl (C=O) groups is 1. The van der Waals surface area contributed by atoms with Crippen LogP contribution < -0.4 is 16.0 Å². The number of hydrogen-bond acceptors (Lipinski definition) is 7. The Morgan fingerprint density at radius 3 is 2.50 bits per heavy atom. The summed E-state index contributed by atoms with van der Waals surface area (Å²) in [7, 11) is 0. The average molecular weight is 336 g/mol. The fraction of sp³-hybridized carbons (Fsp3) is 0.750. The summed E-state index contributed by atoms with van der Waals surface area (Å²) in [5.74, 6) is -0.319. The minimum absolute atomic E-state index is 0.122. The maximum Gasteiger partial charge on any atom is 0.263 e. The van der Waals surface area contributed by atoms with Crippen molar-refractivity contribution in [1.29, 1.82) is 5.26 Å². The number of amides is 1. The molecule has 2 rings (SSSR count). The first-order valence-electron chi connectivity index (χ1n) is 8.64. The number of nitriles is 1. The minimum Gasteiger partial charge on any atom is -0.388 e. The fourth-order valence-corrected chi connectivity index (χ4v) is 2.73. The van der Waals surface area contributed by atoms with Crippen LogP contribution in [0.2, 0.25) is 0 Å². The maximum absolute atomic E-state index is 12.0. The van der Waals surface area contributed by atoms with E-state index in [9.17, 15) is 4.79 Å². The molecule has 0 aliphatic carbocycles. The molecule has 0 aromatic heterocycles. The predicted octanol–water partition coefficient (Wildman–Crippen LogP) is -1.66. The smallest absolute Gasteiger partial charge is 0.263 e. The number of carbonyl (C=O) groups excluding carboxylic acids is 1. The van der Waals surface area contributed by atoms with Gasteiger partial charge in [-0.1, -0.05) is 0 Å². The Balaban J connectivity index is 1.61. The van der Waals surface area contributed by atoms with E-state index in [1.54, 1.807) is 0 Å². The largest absolute Gasteiger partial charge is 0.388 e. The molecule has 0 aromatic rings. The standard InChI is InChI=1S/C16H28N6O2/c17-13-15(14-19-3-7-21-5-1-18-2-6-21)16(23)20-4-8-22-9-11-24-12-10-22/h14,18-19H,1-12H2,(H,20,23)/b15-14-. The van der Waals surface area contributed by atoms with Gasteiger partial charge in [-0.15, -0.1) is 0 Å². The van der Waals surface area contributed by atoms with Gasteiger partial charge in [-0.05, 0) is 0 Å². The topological polar surface area (TPSA) is 92.7 Å². The van der Waals surface area contributed by atoms with E-state index in [0.717, 1.165) is 72.1 Å². The first kappa shape index (κ1) is 18.7. The third kappa shape index (κ3) is 6.84. The number of nitrogens with one attached hydrogen (secondary N) is 3. The van der Waals surface area contributed by atoms with E-state index < -0.39 is 0 Å². The van der Waals surface area contributed by atoms with Gasteiger partial charge in [0.15, 0.2) is 0 Å². The molecule has 0 aromatic carbocycles. The highest BCUT2D eigenvalue weighted by Crippen LogP contribution is 1.96. The van der Waals surface area contributed by atoms with Crippen molar-refractivity contribution >= 4 is 5.91 Å². The zero-order valence-electron chi connectivity index (χ0n) is 14.2. The molecule has 0 radical (unpaired) electrons. The van der Waals surface area contributed by atoms with E-state index in [0.29, 0.717) is 6.54 Å².